The van der Waals surface area contributed by atoms with Crippen LogP contribution >= 0.6 is 11.8 Å². The summed E-state index contributed by atoms with van der Waals surface area (Å²) < 4.78 is 6.95. The van der Waals surface area contributed by atoms with Gasteiger partial charge < -0.3 is 15.4 Å². The second kappa shape index (κ2) is 11.1. The monoisotopic (exact) mass is 464 g/mol. The number of thioether (sulfide) groups is 1. The number of nitrogens with one attached hydrogen (secondary N) is 2. The number of hydrogen-bond acceptors (Lipinski definition) is 7. The van der Waals surface area contributed by atoms with Gasteiger partial charge in [0.25, 0.3) is 5.91 Å². The number of hydrogen-bond donors (Lipinski definition) is 2. The molecule has 0 aliphatic rings. The maximum atomic E-state index is 12.7. The van der Waals surface area contributed by atoms with Crippen LogP contribution in [-0.4, -0.2) is 58.2 Å². The molecule has 4 rings (SSSR count). The van der Waals surface area contributed by atoms with Crippen LogP contribution in [0.3, 0.4) is 0 Å². The molecule has 0 unspecified atom stereocenters. The smallest absolute Gasteiger partial charge is 0.251 e. The zero-order chi connectivity index (χ0) is 23.0. The standard InChI is InChI=1S/C24H28N6O2S/c1-3-14-33-24-28-21(25-11-13-32-2)20-16-27-30(22(20)29-24)12-10-26-23(31)19-9-8-17-6-4-5-7-18(17)15-19/h4-9,15-16H,3,10-14H2,1-2H3,(H,26,31)(H,25,28,29). The third-order valence-electron chi connectivity index (χ3n) is 5.13. The molecular weight excluding hydrogens is 436 g/mol. The molecule has 2 aromatic carbocycles. The molecule has 33 heavy (non-hydrogen) atoms. The van der Waals surface area contributed by atoms with Crippen molar-refractivity contribution in [2.75, 3.05) is 37.9 Å². The summed E-state index contributed by atoms with van der Waals surface area (Å²) in [6.07, 6.45) is 2.81. The molecule has 172 valence electrons. The number of methoxy groups -OCH3 is 1. The summed E-state index contributed by atoms with van der Waals surface area (Å²) in [5.41, 5.74) is 1.40. The molecule has 2 N–H and O–H groups in total. The average molecular weight is 465 g/mol. The summed E-state index contributed by atoms with van der Waals surface area (Å²) in [4.78, 5) is 22.0. The van der Waals surface area contributed by atoms with Gasteiger partial charge in [0.15, 0.2) is 10.8 Å². The lowest BCUT2D eigenvalue weighted by atomic mass is 10.1. The van der Waals surface area contributed by atoms with Gasteiger partial charge in [0.1, 0.15) is 5.82 Å². The number of fused-ring (bicyclic) bond motifs is 2. The summed E-state index contributed by atoms with van der Waals surface area (Å²) in [6, 6.07) is 13.7. The fourth-order valence-corrected chi connectivity index (χ4v) is 4.16. The first kappa shape index (κ1) is 23.0. The van der Waals surface area contributed by atoms with E-state index in [-0.39, 0.29) is 5.91 Å². The molecule has 0 aliphatic carbocycles. The van der Waals surface area contributed by atoms with Gasteiger partial charge in [-0.25, -0.2) is 14.6 Å². The first-order chi connectivity index (χ1) is 16.2. The molecule has 0 fully saturated rings. The summed E-state index contributed by atoms with van der Waals surface area (Å²) in [7, 11) is 1.67. The Hall–Kier alpha value is -3.17. The molecule has 0 radical (unpaired) electrons. The van der Waals surface area contributed by atoms with E-state index in [0.717, 1.165) is 39.8 Å². The second-order valence-electron chi connectivity index (χ2n) is 7.55. The number of carbonyl (C=O) groups is 1. The molecule has 0 spiro atoms. The van der Waals surface area contributed by atoms with Gasteiger partial charge in [-0.2, -0.15) is 5.10 Å². The summed E-state index contributed by atoms with van der Waals surface area (Å²) >= 11 is 1.62. The second-order valence-corrected chi connectivity index (χ2v) is 8.61. The molecule has 2 aromatic heterocycles. The minimum Gasteiger partial charge on any atom is -0.383 e. The van der Waals surface area contributed by atoms with Gasteiger partial charge in [-0.15, -0.1) is 0 Å². The highest BCUT2D eigenvalue weighted by molar-refractivity contribution is 7.99. The fourth-order valence-electron chi connectivity index (χ4n) is 3.47. The van der Waals surface area contributed by atoms with Gasteiger partial charge in [0.05, 0.1) is 24.7 Å². The van der Waals surface area contributed by atoms with Crippen molar-refractivity contribution in [3.8, 4) is 0 Å². The summed E-state index contributed by atoms with van der Waals surface area (Å²) in [6.45, 7) is 4.31. The molecule has 1 amide bonds. The number of carbonyl (C=O) groups excluding carboxylic acids is 1. The third-order valence-corrected chi connectivity index (χ3v) is 6.18. The van der Waals surface area contributed by atoms with Crippen LogP contribution in [0, 0.1) is 0 Å². The van der Waals surface area contributed by atoms with Crippen molar-refractivity contribution in [1.82, 2.24) is 25.1 Å². The Balaban J connectivity index is 1.46. The van der Waals surface area contributed by atoms with Gasteiger partial charge >= 0.3 is 0 Å². The number of nitrogens with zero attached hydrogens (tertiary/aromatic N) is 4. The highest BCUT2D eigenvalue weighted by Gasteiger charge is 2.14. The number of anilines is 1. The van der Waals surface area contributed by atoms with Crippen LogP contribution in [-0.2, 0) is 11.3 Å². The van der Waals surface area contributed by atoms with Crippen molar-refractivity contribution in [2.45, 2.75) is 25.0 Å². The minimum atomic E-state index is -0.104. The van der Waals surface area contributed by atoms with Crippen LogP contribution in [0.2, 0.25) is 0 Å². The van der Waals surface area contributed by atoms with E-state index in [1.807, 2.05) is 47.1 Å². The summed E-state index contributed by atoms with van der Waals surface area (Å²) in [5, 5.41) is 14.5. The van der Waals surface area contributed by atoms with Gasteiger partial charge in [-0.05, 0) is 29.3 Å². The Morgan fingerprint density at radius 1 is 1.12 bits per heavy atom. The Labute approximate surface area is 197 Å². The normalized spacial score (nSPS) is 11.2. The maximum absolute atomic E-state index is 12.7. The first-order valence-electron chi connectivity index (χ1n) is 11.1. The maximum Gasteiger partial charge on any atom is 0.251 e. The molecule has 4 aromatic rings. The average Bonchev–Trinajstić information content (AvgIpc) is 3.25. The van der Waals surface area contributed by atoms with Gasteiger partial charge in [0.2, 0.25) is 0 Å². The van der Waals surface area contributed by atoms with E-state index < -0.39 is 0 Å². The lowest BCUT2D eigenvalue weighted by molar-refractivity contribution is 0.0952. The van der Waals surface area contributed by atoms with Gasteiger partial charge in [-0.3, -0.25) is 4.79 Å². The fraction of sp³-hybridized carbons (Fsp3) is 0.333. The topological polar surface area (TPSA) is 94.0 Å². The van der Waals surface area contributed by atoms with E-state index in [1.54, 1.807) is 25.1 Å². The van der Waals surface area contributed by atoms with Crippen LogP contribution < -0.4 is 10.6 Å². The van der Waals surface area contributed by atoms with Crippen LogP contribution in [0.4, 0.5) is 5.82 Å². The van der Waals surface area contributed by atoms with Crippen LogP contribution in [0.5, 0.6) is 0 Å². The molecule has 9 heteroatoms. The van der Waals surface area contributed by atoms with E-state index in [4.69, 9.17) is 9.72 Å². The Morgan fingerprint density at radius 2 is 1.97 bits per heavy atom. The van der Waals surface area contributed by atoms with Crippen molar-refractivity contribution in [3.63, 3.8) is 0 Å². The molecular formula is C24H28N6O2S. The molecule has 0 atom stereocenters. The number of rotatable bonds is 11. The molecule has 8 nitrogen and oxygen atoms in total. The lowest BCUT2D eigenvalue weighted by Crippen LogP contribution is -2.27. The minimum absolute atomic E-state index is 0.104. The molecule has 0 saturated heterocycles. The zero-order valence-corrected chi connectivity index (χ0v) is 19.7. The SMILES string of the molecule is CCCSc1nc(NCCOC)c2cnn(CCNC(=O)c3ccc4ccccc4c3)c2n1. The predicted molar refractivity (Wildman–Crippen MR) is 133 cm³/mol. The van der Waals surface area contributed by atoms with E-state index in [2.05, 4.69) is 27.6 Å². The third kappa shape index (κ3) is 5.61. The Bertz CT molecular complexity index is 1240. The van der Waals surface area contributed by atoms with E-state index in [0.29, 0.717) is 37.0 Å². The van der Waals surface area contributed by atoms with Gasteiger partial charge in [-0.1, -0.05) is 49.0 Å². The summed E-state index contributed by atoms with van der Waals surface area (Å²) in [5.74, 6) is 1.59. The van der Waals surface area contributed by atoms with E-state index in [9.17, 15) is 4.79 Å². The van der Waals surface area contributed by atoms with Crippen molar-refractivity contribution >= 4 is 45.3 Å². The number of ether oxygens (including phenoxy) is 1. The van der Waals surface area contributed by atoms with Gasteiger partial charge in [0, 0.05) is 31.5 Å². The van der Waals surface area contributed by atoms with Crippen LogP contribution in [0.15, 0.2) is 53.8 Å². The largest absolute Gasteiger partial charge is 0.383 e. The molecule has 2 heterocycles. The van der Waals surface area contributed by atoms with Crippen molar-refractivity contribution in [1.29, 1.82) is 0 Å². The molecule has 0 aliphatic heterocycles. The van der Waals surface area contributed by atoms with Crippen molar-refractivity contribution in [2.24, 2.45) is 0 Å². The Kier molecular flexibility index (Phi) is 7.74. The van der Waals surface area contributed by atoms with E-state index >= 15 is 0 Å². The van der Waals surface area contributed by atoms with Crippen molar-refractivity contribution < 1.29 is 9.53 Å². The number of benzene rings is 2. The number of aromatic nitrogens is 4. The molecule has 0 saturated carbocycles. The lowest BCUT2D eigenvalue weighted by Gasteiger charge is -2.10. The highest BCUT2D eigenvalue weighted by atomic mass is 32.2. The number of amides is 1. The zero-order valence-electron chi connectivity index (χ0n) is 18.9. The quantitative estimate of drug-likeness (QED) is 0.197. The predicted octanol–water partition coefficient (Wildman–Crippen LogP) is 3.97. The van der Waals surface area contributed by atoms with Crippen LogP contribution in [0.1, 0.15) is 23.7 Å². The Morgan fingerprint density at radius 3 is 2.79 bits per heavy atom. The molecule has 0 bridgehead atoms. The van der Waals surface area contributed by atoms with Crippen LogP contribution in [0.25, 0.3) is 21.8 Å². The highest BCUT2D eigenvalue weighted by Crippen LogP contribution is 2.24. The van der Waals surface area contributed by atoms with E-state index in [1.165, 1.54) is 0 Å². The van der Waals surface area contributed by atoms with Crippen molar-refractivity contribution in [3.05, 3.63) is 54.2 Å². The first-order valence-corrected chi connectivity index (χ1v) is 12.0.